The molecule has 0 aromatic heterocycles. The molecular formula is C16H18O3. The van der Waals surface area contributed by atoms with E-state index in [1.165, 1.54) is 5.56 Å². The molecule has 0 spiro atoms. The van der Waals surface area contributed by atoms with Crippen molar-refractivity contribution < 1.29 is 14.6 Å². The number of hydrogen-bond donors (Lipinski definition) is 1. The molecular weight excluding hydrogens is 240 g/mol. The van der Waals surface area contributed by atoms with Gasteiger partial charge in [-0.1, -0.05) is 24.3 Å². The van der Waals surface area contributed by atoms with Crippen molar-refractivity contribution >= 4 is 0 Å². The molecule has 19 heavy (non-hydrogen) atoms. The summed E-state index contributed by atoms with van der Waals surface area (Å²) in [5.74, 6) is 1.65. The first-order chi connectivity index (χ1) is 9.31. The number of methoxy groups -OCH3 is 1. The van der Waals surface area contributed by atoms with Crippen LogP contribution in [0.2, 0.25) is 0 Å². The predicted molar refractivity (Wildman–Crippen MR) is 74.6 cm³/mol. The highest BCUT2D eigenvalue weighted by Crippen LogP contribution is 2.15. The summed E-state index contributed by atoms with van der Waals surface area (Å²) in [7, 11) is 1.66. The smallest absolute Gasteiger partial charge is 0.119 e. The van der Waals surface area contributed by atoms with Crippen LogP contribution in [0, 0.1) is 0 Å². The zero-order valence-electron chi connectivity index (χ0n) is 11.0. The average Bonchev–Trinajstić information content (AvgIpc) is 2.48. The molecule has 0 aliphatic carbocycles. The SMILES string of the molecule is COc1ccc(CCOc2cccc(CO)c2)cc1. The van der Waals surface area contributed by atoms with E-state index in [0.717, 1.165) is 23.5 Å². The highest BCUT2D eigenvalue weighted by Gasteiger charge is 1.98. The molecule has 2 aromatic carbocycles. The van der Waals surface area contributed by atoms with Crippen LogP contribution in [0.25, 0.3) is 0 Å². The number of ether oxygens (including phenoxy) is 2. The Labute approximate surface area is 113 Å². The summed E-state index contributed by atoms with van der Waals surface area (Å²) in [5.41, 5.74) is 2.07. The van der Waals surface area contributed by atoms with E-state index in [0.29, 0.717) is 6.61 Å². The van der Waals surface area contributed by atoms with E-state index in [-0.39, 0.29) is 6.61 Å². The Bertz CT molecular complexity index is 506. The monoisotopic (exact) mass is 258 g/mol. The highest BCUT2D eigenvalue weighted by atomic mass is 16.5. The lowest BCUT2D eigenvalue weighted by Crippen LogP contribution is -2.01. The molecule has 0 bridgehead atoms. The average molecular weight is 258 g/mol. The fourth-order valence-corrected chi connectivity index (χ4v) is 1.81. The largest absolute Gasteiger partial charge is 0.497 e. The molecule has 1 N–H and O–H groups in total. The molecule has 0 heterocycles. The van der Waals surface area contributed by atoms with E-state index in [4.69, 9.17) is 14.6 Å². The lowest BCUT2D eigenvalue weighted by molar-refractivity contribution is 0.279. The van der Waals surface area contributed by atoms with Crippen molar-refractivity contribution in [3.05, 3.63) is 59.7 Å². The summed E-state index contributed by atoms with van der Waals surface area (Å²) < 4.78 is 10.8. The van der Waals surface area contributed by atoms with Gasteiger partial charge < -0.3 is 14.6 Å². The third kappa shape index (κ3) is 4.00. The first-order valence-corrected chi connectivity index (χ1v) is 6.27. The Morgan fingerprint density at radius 2 is 1.74 bits per heavy atom. The molecule has 0 saturated carbocycles. The molecule has 0 saturated heterocycles. The van der Waals surface area contributed by atoms with Crippen LogP contribution < -0.4 is 9.47 Å². The molecule has 0 fully saturated rings. The maximum Gasteiger partial charge on any atom is 0.119 e. The molecule has 2 aromatic rings. The summed E-state index contributed by atoms with van der Waals surface area (Å²) in [6, 6.07) is 15.5. The molecule has 0 atom stereocenters. The van der Waals surface area contributed by atoms with Gasteiger partial charge in [-0.15, -0.1) is 0 Å². The van der Waals surface area contributed by atoms with E-state index in [1.54, 1.807) is 7.11 Å². The van der Waals surface area contributed by atoms with Crippen molar-refractivity contribution in [3.63, 3.8) is 0 Å². The molecule has 2 rings (SSSR count). The van der Waals surface area contributed by atoms with Gasteiger partial charge in [0.2, 0.25) is 0 Å². The van der Waals surface area contributed by atoms with Gasteiger partial charge in [0.1, 0.15) is 11.5 Å². The van der Waals surface area contributed by atoms with Gasteiger partial charge in [0.05, 0.1) is 20.3 Å². The topological polar surface area (TPSA) is 38.7 Å². The van der Waals surface area contributed by atoms with Crippen LogP contribution >= 0.6 is 0 Å². The van der Waals surface area contributed by atoms with Gasteiger partial charge in [-0.3, -0.25) is 0 Å². The molecule has 0 aliphatic rings. The van der Waals surface area contributed by atoms with Gasteiger partial charge in [-0.2, -0.15) is 0 Å². The summed E-state index contributed by atoms with van der Waals surface area (Å²) in [6.07, 6.45) is 0.841. The summed E-state index contributed by atoms with van der Waals surface area (Å²) in [5, 5.41) is 9.05. The molecule has 3 heteroatoms. The van der Waals surface area contributed by atoms with E-state index >= 15 is 0 Å². The van der Waals surface area contributed by atoms with Crippen molar-refractivity contribution in [1.29, 1.82) is 0 Å². The third-order valence-corrected chi connectivity index (χ3v) is 2.90. The Morgan fingerprint density at radius 1 is 0.947 bits per heavy atom. The molecule has 0 amide bonds. The van der Waals surface area contributed by atoms with Crippen LogP contribution in [0.15, 0.2) is 48.5 Å². The second-order valence-corrected chi connectivity index (χ2v) is 4.25. The zero-order chi connectivity index (χ0) is 13.5. The second kappa shape index (κ2) is 6.81. The third-order valence-electron chi connectivity index (χ3n) is 2.90. The molecule has 0 radical (unpaired) electrons. The number of rotatable bonds is 6. The Morgan fingerprint density at radius 3 is 2.42 bits per heavy atom. The van der Waals surface area contributed by atoms with Gasteiger partial charge in [-0.05, 0) is 35.4 Å². The van der Waals surface area contributed by atoms with Crippen LogP contribution in [0.1, 0.15) is 11.1 Å². The first kappa shape index (κ1) is 13.4. The van der Waals surface area contributed by atoms with Gasteiger partial charge in [0.25, 0.3) is 0 Å². The molecule has 100 valence electrons. The number of benzene rings is 2. The minimum absolute atomic E-state index is 0.0374. The number of hydrogen-bond acceptors (Lipinski definition) is 3. The quantitative estimate of drug-likeness (QED) is 0.866. The normalized spacial score (nSPS) is 10.2. The van der Waals surface area contributed by atoms with Crippen LogP contribution in [0.4, 0.5) is 0 Å². The van der Waals surface area contributed by atoms with Gasteiger partial charge >= 0.3 is 0 Å². The Kier molecular flexibility index (Phi) is 4.81. The van der Waals surface area contributed by atoms with Crippen LogP contribution in [0.3, 0.4) is 0 Å². The zero-order valence-corrected chi connectivity index (χ0v) is 11.0. The maximum atomic E-state index is 9.05. The van der Waals surface area contributed by atoms with Crippen molar-refractivity contribution in [2.45, 2.75) is 13.0 Å². The van der Waals surface area contributed by atoms with Crippen LogP contribution in [0.5, 0.6) is 11.5 Å². The van der Waals surface area contributed by atoms with Gasteiger partial charge in [0.15, 0.2) is 0 Å². The number of aliphatic hydroxyl groups is 1. The minimum atomic E-state index is 0.0374. The number of aliphatic hydroxyl groups excluding tert-OH is 1. The van der Waals surface area contributed by atoms with E-state index < -0.39 is 0 Å². The second-order valence-electron chi connectivity index (χ2n) is 4.25. The fourth-order valence-electron chi connectivity index (χ4n) is 1.81. The molecule has 0 aliphatic heterocycles. The highest BCUT2D eigenvalue weighted by molar-refractivity contribution is 5.29. The lowest BCUT2D eigenvalue weighted by atomic mass is 10.1. The van der Waals surface area contributed by atoms with Gasteiger partial charge in [-0.25, -0.2) is 0 Å². The molecule has 3 nitrogen and oxygen atoms in total. The lowest BCUT2D eigenvalue weighted by Gasteiger charge is -2.08. The molecule has 0 unspecified atom stereocenters. The maximum absolute atomic E-state index is 9.05. The van der Waals surface area contributed by atoms with E-state index in [1.807, 2.05) is 48.5 Å². The Balaban J connectivity index is 1.85. The van der Waals surface area contributed by atoms with Crippen LogP contribution in [-0.4, -0.2) is 18.8 Å². The van der Waals surface area contributed by atoms with Crippen molar-refractivity contribution in [1.82, 2.24) is 0 Å². The summed E-state index contributed by atoms with van der Waals surface area (Å²) in [6.45, 7) is 0.650. The summed E-state index contributed by atoms with van der Waals surface area (Å²) in [4.78, 5) is 0. The standard InChI is InChI=1S/C16H18O3/c1-18-15-7-5-13(6-8-15)9-10-19-16-4-2-3-14(11-16)12-17/h2-8,11,17H,9-10,12H2,1H3. The van der Waals surface area contributed by atoms with E-state index in [9.17, 15) is 0 Å². The van der Waals surface area contributed by atoms with E-state index in [2.05, 4.69) is 0 Å². The van der Waals surface area contributed by atoms with Crippen molar-refractivity contribution in [2.24, 2.45) is 0 Å². The first-order valence-electron chi connectivity index (χ1n) is 6.27. The predicted octanol–water partition coefficient (Wildman–Crippen LogP) is 2.81. The van der Waals surface area contributed by atoms with Crippen LogP contribution in [-0.2, 0) is 13.0 Å². The summed E-state index contributed by atoms with van der Waals surface area (Å²) >= 11 is 0. The fraction of sp³-hybridized carbons (Fsp3) is 0.250. The van der Waals surface area contributed by atoms with Crippen molar-refractivity contribution in [2.75, 3.05) is 13.7 Å². The van der Waals surface area contributed by atoms with Crippen molar-refractivity contribution in [3.8, 4) is 11.5 Å². The minimum Gasteiger partial charge on any atom is -0.497 e. The van der Waals surface area contributed by atoms with Gasteiger partial charge in [0, 0.05) is 6.42 Å². The Hall–Kier alpha value is -2.00.